The molecule has 5 rings (SSSR count). The van der Waals surface area contributed by atoms with Crippen LogP contribution < -0.4 is 4.74 Å². The van der Waals surface area contributed by atoms with Crippen molar-refractivity contribution < 1.29 is 23.8 Å². The number of hydrogen-bond donors (Lipinski definition) is 1. The fraction of sp³-hybridized carbons (Fsp3) is 0.476. The molecule has 1 saturated heterocycles. The molecule has 2 bridgehead atoms. The molecule has 0 radical (unpaired) electrons. The molecule has 1 aromatic heterocycles. The number of hydrogen-bond acceptors (Lipinski definition) is 7. The summed E-state index contributed by atoms with van der Waals surface area (Å²) in [5.74, 6) is 1.63. The van der Waals surface area contributed by atoms with Gasteiger partial charge in [-0.15, -0.1) is 0 Å². The quantitative estimate of drug-likeness (QED) is 0.849. The van der Waals surface area contributed by atoms with Gasteiger partial charge in [-0.25, -0.2) is 0 Å². The maximum absolute atomic E-state index is 11.4. The van der Waals surface area contributed by atoms with E-state index in [0.29, 0.717) is 29.6 Å². The molecule has 148 valence electrons. The van der Waals surface area contributed by atoms with Crippen LogP contribution in [0.15, 0.2) is 46.7 Å². The lowest BCUT2D eigenvalue weighted by molar-refractivity contribution is -0.132. The van der Waals surface area contributed by atoms with Crippen LogP contribution in [0.3, 0.4) is 0 Å². The molecule has 0 amide bonds. The number of aromatic nitrogens is 1. The summed E-state index contributed by atoms with van der Waals surface area (Å²) in [6.07, 6.45) is 1.73. The summed E-state index contributed by atoms with van der Waals surface area (Å²) in [7, 11) is 5.61. The Morgan fingerprint density at radius 2 is 2.07 bits per heavy atom. The predicted octanol–water partition coefficient (Wildman–Crippen LogP) is 2.59. The van der Waals surface area contributed by atoms with Gasteiger partial charge in [-0.05, 0) is 37.3 Å². The minimum Gasteiger partial charge on any atom is -0.498 e. The van der Waals surface area contributed by atoms with Crippen LogP contribution in [0.1, 0.15) is 35.5 Å². The van der Waals surface area contributed by atoms with Gasteiger partial charge >= 0.3 is 0 Å². The SMILES string of the molecule is COC1=C[C@H]2C[C@H]3[C@H](N(C)C)c4onc(OCc5ccccc5)c4[C@@H](O)[C@@]13O2. The van der Waals surface area contributed by atoms with E-state index in [-0.39, 0.29) is 18.1 Å². The van der Waals surface area contributed by atoms with Crippen molar-refractivity contribution in [1.29, 1.82) is 0 Å². The first-order chi connectivity index (χ1) is 13.6. The fourth-order valence-electron chi connectivity index (χ4n) is 5.03. The van der Waals surface area contributed by atoms with Crippen molar-refractivity contribution in [1.82, 2.24) is 10.1 Å². The highest BCUT2D eigenvalue weighted by Gasteiger charge is 2.68. The van der Waals surface area contributed by atoms with Crippen molar-refractivity contribution in [3.05, 3.63) is 59.1 Å². The average molecular weight is 384 g/mol. The number of rotatable bonds is 5. The smallest absolute Gasteiger partial charge is 0.260 e. The van der Waals surface area contributed by atoms with E-state index in [2.05, 4.69) is 10.1 Å². The Bertz CT molecular complexity index is 909. The topological polar surface area (TPSA) is 77.2 Å². The highest BCUT2D eigenvalue weighted by molar-refractivity contribution is 5.45. The Morgan fingerprint density at radius 3 is 2.79 bits per heavy atom. The van der Waals surface area contributed by atoms with Gasteiger partial charge in [0, 0.05) is 5.92 Å². The van der Waals surface area contributed by atoms with Crippen molar-refractivity contribution in [2.75, 3.05) is 21.2 Å². The van der Waals surface area contributed by atoms with Gasteiger partial charge in [0.25, 0.3) is 5.88 Å². The monoisotopic (exact) mass is 384 g/mol. The maximum atomic E-state index is 11.4. The summed E-state index contributed by atoms with van der Waals surface area (Å²) < 4.78 is 23.6. The second-order valence-electron chi connectivity index (χ2n) is 7.88. The molecule has 0 saturated carbocycles. The lowest BCUT2D eigenvalue weighted by Crippen LogP contribution is -2.51. The van der Waals surface area contributed by atoms with Gasteiger partial charge in [-0.3, -0.25) is 4.90 Å². The number of aliphatic hydroxyl groups is 1. The van der Waals surface area contributed by atoms with E-state index in [9.17, 15) is 5.11 Å². The number of nitrogens with zero attached hydrogens (tertiary/aromatic N) is 2. The number of ether oxygens (including phenoxy) is 3. The first kappa shape index (κ1) is 17.7. The van der Waals surface area contributed by atoms with Crippen molar-refractivity contribution in [2.24, 2.45) is 5.92 Å². The minimum atomic E-state index is -0.973. The van der Waals surface area contributed by atoms with Gasteiger partial charge in [0.15, 0.2) is 11.4 Å². The molecule has 7 nitrogen and oxygen atoms in total. The minimum absolute atomic E-state index is 0.00451. The molecule has 1 N–H and O–H groups in total. The standard InChI is InChI=1S/C21H24N2O5/c1-23(2)17-14-9-13-10-15(25-3)21(14,27-13)19(24)16-18(17)28-22-20(16)26-11-12-7-5-4-6-8-12/h4-8,10,13-14,17,19,24H,9,11H2,1-3H3/t13-,14+,17+,19-,21+/m1/s1. The van der Waals surface area contributed by atoms with E-state index in [0.717, 1.165) is 12.0 Å². The number of fused-ring (bicyclic) bond motifs is 2. The molecule has 0 unspecified atom stereocenters. The highest BCUT2D eigenvalue weighted by Crippen LogP contribution is 2.63. The highest BCUT2D eigenvalue weighted by atomic mass is 16.6. The van der Waals surface area contributed by atoms with Gasteiger partial charge in [0.2, 0.25) is 0 Å². The van der Waals surface area contributed by atoms with Crippen LogP contribution in [0.4, 0.5) is 0 Å². The second kappa shape index (κ2) is 6.34. The van der Waals surface area contributed by atoms with E-state index in [1.165, 1.54) is 0 Å². The summed E-state index contributed by atoms with van der Waals surface area (Å²) in [4.78, 5) is 2.08. The number of benzene rings is 1. The zero-order valence-electron chi connectivity index (χ0n) is 16.2. The Morgan fingerprint density at radius 1 is 1.29 bits per heavy atom. The lowest BCUT2D eigenvalue weighted by Gasteiger charge is -2.46. The molecule has 1 fully saturated rings. The third kappa shape index (κ3) is 2.30. The normalized spacial score (nSPS) is 32.8. The first-order valence-corrected chi connectivity index (χ1v) is 9.51. The zero-order valence-corrected chi connectivity index (χ0v) is 16.2. The van der Waals surface area contributed by atoms with Crippen molar-refractivity contribution in [3.63, 3.8) is 0 Å². The second-order valence-corrected chi connectivity index (χ2v) is 7.88. The first-order valence-electron chi connectivity index (χ1n) is 9.51. The molecule has 2 aliphatic heterocycles. The molecule has 7 heteroatoms. The summed E-state index contributed by atoms with van der Waals surface area (Å²) >= 11 is 0. The van der Waals surface area contributed by atoms with Crippen LogP contribution in [-0.4, -0.2) is 48.1 Å². The lowest BCUT2D eigenvalue weighted by atomic mass is 9.66. The molecule has 5 atom stereocenters. The molecule has 2 aromatic rings. The molecular weight excluding hydrogens is 360 g/mol. The molecular formula is C21H24N2O5. The van der Waals surface area contributed by atoms with Crippen molar-refractivity contribution >= 4 is 0 Å². The van der Waals surface area contributed by atoms with Crippen molar-refractivity contribution in [2.45, 2.75) is 36.9 Å². The van der Waals surface area contributed by atoms with E-state index >= 15 is 0 Å². The Hall–Kier alpha value is -2.35. The molecule has 3 heterocycles. The van der Waals surface area contributed by atoms with E-state index in [1.807, 2.05) is 50.5 Å². The zero-order chi connectivity index (χ0) is 19.5. The van der Waals surface area contributed by atoms with Gasteiger partial charge < -0.3 is 23.8 Å². The molecule has 1 spiro atoms. The summed E-state index contributed by atoms with van der Waals surface area (Å²) in [6.45, 7) is 0.339. The van der Waals surface area contributed by atoms with Gasteiger partial charge in [0.05, 0.1) is 24.8 Å². The fourth-order valence-corrected chi connectivity index (χ4v) is 5.03. The van der Waals surface area contributed by atoms with Gasteiger partial charge in [0.1, 0.15) is 18.5 Å². The Balaban J connectivity index is 1.56. The van der Waals surface area contributed by atoms with E-state index < -0.39 is 11.7 Å². The largest absolute Gasteiger partial charge is 0.498 e. The molecule has 3 aliphatic rings. The summed E-state index contributed by atoms with van der Waals surface area (Å²) in [6, 6.07) is 9.74. The van der Waals surface area contributed by atoms with Crippen molar-refractivity contribution in [3.8, 4) is 5.88 Å². The predicted molar refractivity (Wildman–Crippen MR) is 99.5 cm³/mol. The Labute approximate surface area is 163 Å². The van der Waals surface area contributed by atoms with E-state index in [1.54, 1.807) is 7.11 Å². The third-order valence-electron chi connectivity index (χ3n) is 6.15. The molecule has 1 aromatic carbocycles. The van der Waals surface area contributed by atoms with Crippen LogP contribution in [0, 0.1) is 5.92 Å². The van der Waals surface area contributed by atoms with Crippen LogP contribution in [0.25, 0.3) is 0 Å². The number of aliphatic hydroxyl groups excluding tert-OH is 1. The Kier molecular flexibility index (Phi) is 4.01. The van der Waals surface area contributed by atoms with E-state index in [4.69, 9.17) is 18.7 Å². The molecule has 1 aliphatic carbocycles. The van der Waals surface area contributed by atoms with Crippen LogP contribution in [0.2, 0.25) is 0 Å². The maximum Gasteiger partial charge on any atom is 0.260 e. The van der Waals surface area contributed by atoms with Gasteiger partial charge in [-0.2, -0.15) is 0 Å². The van der Waals surface area contributed by atoms with Crippen LogP contribution in [0.5, 0.6) is 5.88 Å². The average Bonchev–Trinajstić information content (AvgIpc) is 3.38. The van der Waals surface area contributed by atoms with Gasteiger partial charge in [-0.1, -0.05) is 30.3 Å². The summed E-state index contributed by atoms with van der Waals surface area (Å²) in [5, 5.41) is 15.6. The summed E-state index contributed by atoms with van der Waals surface area (Å²) in [5.41, 5.74) is 0.634. The number of methoxy groups -OCH3 is 1. The molecule has 28 heavy (non-hydrogen) atoms. The van der Waals surface area contributed by atoms with Crippen LogP contribution in [-0.2, 0) is 16.1 Å². The third-order valence-corrected chi connectivity index (χ3v) is 6.15. The van der Waals surface area contributed by atoms with Crippen LogP contribution >= 0.6 is 0 Å².